The number of amides is 1. The van der Waals surface area contributed by atoms with E-state index in [0.717, 1.165) is 5.56 Å². The molecular weight excluding hydrogens is 294 g/mol. The number of benzene rings is 1. The minimum Gasteiger partial charge on any atom is -0.493 e. The highest BCUT2D eigenvalue weighted by Crippen LogP contribution is 2.30. The number of methoxy groups -OCH3 is 2. The van der Waals surface area contributed by atoms with E-state index in [9.17, 15) is 4.79 Å². The molecule has 0 aliphatic carbocycles. The SMILES string of the molecule is CNc1ncccc1C(=O)NC(C)c1ccc(OC)c(OC)c1. The normalized spacial score (nSPS) is 11.5. The van der Waals surface area contributed by atoms with Gasteiger partial charge in [-0.1, -0.05) is 6.07 Å². The lowest BCUT2D eigenvalue weighted by atomic mass is 10.1. The van der Waals surface area contributed by atoms with Gasteiger partial charge in [-0.2, -0.15) is 0 Å². The summed E-state index contributed by atoms with van der Waals surface area (Å²) in [6.45, 7) is 1.91. The molecule has 1 aromatic heterocycles. The van der Waals surface area contributed by atoms with Crippen LogP contribution < -0.4 is 20.1 Å². The first-order valence-electron chi connectivity index (χ1n) is 7.26. The first-order valence-corrected chi connectivity index (χ1v) is 7.26. The Morgan fingerprint density at radius 1 is 1.17 bits per heavy atom. The van der Waals surface area contributed by atoms with Crippen LogP contribution in [-0.2, 0) is 0 Å². The molecular formula is C17H21N3O3. The van der Waals surface area contributed by atoms with Crippen LogP contribution in [0.15, 0.2) is 36.5 Å². The van der Waals surface area contributed by atoms with Crippen molar-refractivity contribution in [2.45, 2.75) is 13.0 Å². The predicted molar refractivity (Wildman–Crippen MR) is 89.2 cm³/mol. The zero-order valence-electron chi connectivity index (χ0n) is 13.7. The highest BCUT2D eigenvalue weighted by molar-refractivity contribution is 5.98. The Morgan fingerprint density at radius 2 is 1.91 bits per heavy atom. The summed E-state index contributed by atoms with van der Waals surface area (Å²) >= 11 is 0. The number of carbonyl (C=O) groups excluding carboxylic acids is 1. The van der Waals surface area contributed by atoms with Gasteiger partial charge >= 0.3 is 0 Å². The van der Waals surface area contributed by atoms with E-state index in [1.807, 2.05) is 25.1 Å². The number of carbonyl (C=O) groups is 1. The van der Waals surface area contributed by atoms with Crippen molar-refractivity contribution in [2.75, 3.05) is 26.6 Å². The molecule has 0 aliphatic rings. The summed E-state index contributed by atoms with van der Waals surface area (Å²) in [5, 5.41) is 5.87. The maximum absolute atomic E-state index is 12.4. The summed E-state index contributed by atoms with van der Waals surface area (Å²) in [5.41, 5.74) is 1.42. The fourth-order valence-electron chi connectivity index (χ4n) is 2.27. The minimum absolute atomic E-state index is 0.188. The maximum atomic E-state index is 12.4. The molecule has 6 heteroatoms. The van der Waals surface area contributed by atoms with E-state index in [4.69, 9.17) is 9.47 Å². The Balaban J connectivity index is 2.18. The molecule has 122 valence electrons. The van der Waals surface area contributed by atoms with E-state index in [0.29, 0.717) is 22.9 Å². The summed E-state index contributed by atoms with van der Waals surface area (Å²) in [6, 6.07) is 8.85. The quantitative estimate of drug-likeness (QED) is 0.857. The van der Waals surface area contributed by atoms with Crippen LogP contribution in [-0.4, -0.2) is 32.2 Å². The van der Waals surface area contributed by atoms with E-state index in [-0.39, 0.29) is 11.9 Å². The van der Waals surface area contributed by atoms with Gasteiger partial charge in [-0.15, -0.1) is 0 Å². The van der Waals surface area contributed by atoms with Crippen LogP contribution in [0.2, 0.25) is 0 Å². The maximum Gasteiger partial charge on any atom is 0.255 e. The number of aromatic nitrogens is 1. The van der Waals surface area contributed by atoms with Crippen LogP contribution in [0, 0.1) is 0 Å². The number of pyridine rings is 1. The van der Waals surface area contributed by atoms with Gasteiger partial charge in [0.05, 0.1) is 25.8 Å². The smallest absolute Gasteiger partial charge is 0.255 e. The Kier molecular flexibility index (Phi) is 5.41. The Bertz CT molecular complexity index is 689. The van der Waals surface area contributed by atoms with Crippen LogP contribution in [0.5, 0.6) is 11.5 Å². The number of anilines is 1. The first kappa shape index (κ1) is 16.6. The van der Waals surface area contributed by atoms with Crippen molar-refractivity contribution in [2.24, 2.45) is 0 Å². The van der Waals surface area contributed by atoms with Crippen molar-refractivity contribution in [3.05, 3.63) is 47.7 Å². The van der Waals surface area contributed by atoms with Gasteiger partial charge in [0.15, 0.2) is 11.5 Å². The van der Waals surface area contributed by atoms with E-state index < -0.39 is 0 Å². The van der Waals surface area contributed by atoms with Gasteiger partial charge in [0.1, 0.15) is 5.82 Å². The molecule has 2 rings (SSSR count). The van der Waals surface area contributed by atoms with E-state index in [1.54, 1.807) is 39.6 Å². The standard InChI is InChI=1S/C17H21N3O3/c1-11(12-7-8-14(22-3)15(10-12)23-4)20-17(21)13-6-5-9-19-16(13)18-2/h5-11H,1-4H3,(H,18,19)(H,20,21). The molecule has 0 saturated carbocycles. The fourth-order valence-corrected chi connectivity index (χ4v) is 2.27. The lowest BCUT2D eigenvalue weighted by Gasteiger charge is -2.17. The van der Waals surface area contributed by atoms with Gasteiger partial charge in [-0.3, -0.25) is 4.79 Å². The summed E-state index contributed by atoms with van der Waals surface area (Å²) in [7, 11) is 4.90. The average Bonchev–Trinajstić information content (AvgIpc) is 2.60. The van der Waals surface area contributed by atoms with Gasteiger partial charge in [0.2, 0.25) is 0 Å². The number of rotatable bonds is 6. The zero-order chi connectivity index (χ0) is 16.8. The lowest BCUT2D eigenvalue weighted by molar-refractivity contribution is 0.0940. The van der Waals surface area contributed by atoms with E-state index in [1.165, 1.54) is 0 Å². The van der Waals surface area contributed by atoms with Gasteiger partial charge < -0.3 is 20.1 Å². The van der Waals surface area contributed by atoms with Crippen LogP contribution in [0.4, 0.5) is 5.82 Å². The molecule has 2 aromatic rings. The molecule has 1 atom stereocenters. The molecule has 1 unspecified atom stereocenters. The number of hydrogen-bond donors (Lipinski definition) is 2. The third-order valence-electron chi connectivity index (χ3n) is 3.54. The second kappa shape index (κ2) is 7.49. The highest BCUT2D eigenvalue weighted by Gasteiger charge is 2.16. The summed E-state index contributed by atoms with van der Waals surface area (Å²) < 4.78 is 10.5. The molecule has 2 N–H and O–H groups in total. The van der Waals surface area contributed by atoms with Crippen LogP contribution in [0.25, 0.3) is 0 Å². The number of nitrogens with one attached hydrogen (secondary N) is 2. The molecule has 6 nitrogen and oxygen atoms in total. The van der Waals surface area contributed by atoms with Gasteiger partial charge in [0, 0.05) is 13.2 Å². The Morgan fingerprint density at radius 3 is 2.57 bits per heavy atom. The zero-order valence-corrected chi connectivity index (χ0v) is 13.7. The van der Waals surface area contributed by atoms with Crippen molar-refractivity contribution in [3.63, 3.8) is 0 Å². The lowest BCUT2D eigenvalue weighted by Crippen LogP contribution is -2.27. The molecule has 1 amide bonds. The molecule has 23 heavy (non-hydrogen) atoms. The van der Waals surface area contributed by atoms with Crippen molar-refractivity contribution >= 4 is 11.7 Å². The fraction of sp³-hybridized carbons (Fsp3) is 0.294. The molecule has 0 saturated heterocycles. The Labute approximate surface area is 135 Å². The molecule has 0 radical (unpaired) electrons. The summed E-state index contributed by atoms with van der Waals surface area (Å²) in [6.07, 6.45) is 1.64. The summed E-state index contributed by atoms with van der Waals surface area (Å²) in [5.74, 6) is 1.64. The van der Waals surface area contributed by atoms with Crippen molar-refractivity contribution < 1.29 is 14.3 Å². The summed E-state index contributed by atoms with van der Waals surface area (Å²) in [4.78, 5) is 16.6. The second-order valence-corrected chi connectivity index (χ2v) is 4.96. The molecule has 1 heterocycles. The Hall–Kier alpha value is -2.76. The van der Waals surface area contributed by atoms with Crippen molar-refractivity contribution in [3.8, 4) is 11.5 Å². The second-order valence-electron chi connectivity index (χ2n) is 4.96. The third-order valence-corrected chi connectivity index (χ3v) is 3.54. The van der Waals surface area contributed by atoms with Gasteiger partial charge in [-0.25, -0.2) is 4.98 Å². The predicted octanol–water partition coefficient (Wildman–Crippen LogP) is 2.63. The topological polar surface area (TPSA) is 72.5 Å². The van der Waals surface area contributed by atoms with Crippen molar-refractivity contribution in [1.29, 1.82) is 0 Å². The average molecular weight is 315 g/mol. The van der Waals surface area contributed by atoms with E-state index >= 15 is 0 Å². The van der Waals surface area contributed by atoms with Gasteiger partial charge in [-0.05, 0) is 36.8 Å². The van der Waals surface area contributed by atoms with Gasteiger partial charge in [0.25, 0.3) is 5.91 Å². The number of nitrogens with zero attached hydrogens (tertiary/aromatic N) is 1. The molecule has 0 bridgehead atoms. The highest BCUT2D eigenvalue weighted by atomic mass is 16.5. The molecule has 0 fully saturated rings. The number of hydrogen-bond acceptors (Lipinski definition) is 5. The van der Waals surface area contributed by atoms with Crippen LogP contribution in [0.3, 0.4) is 0 Å². The molecule has 0 aliphatic heterocycles. The number of ether oxygens (including phenoxy) is 2. The molecule has 1 aromatic carbocycles. The largest absolute Gasteiger partial charge is 0.493 e. The molecule has 0 spiro atoms. The van der Waals surface area contributed by atoms with Crippen LogP contribution in [0.1, 0.15) is 28.9 Å². The first-order chi connectivity index (χ1) is 11.1. The van der Waals surface area contributed by atoms with Crippen molar-refractivity contribution in [1.82, 2.24) is 10.3 Å². The van der Waals surface area contributed by atoms with Crippen LogP contribution >= 0.6 is 0 Å². The van der Waals surface area contributed by atoms with E-state index in [2.05, 4.69) is 15.6 Å². The monoisotopic (exact) mass is 315 g/mol. The minimum atomic E-state index is -0.190. The third kappa shape index (κ3) is 3.71.